The Morgan fingerprint density at radius 1 is 1.33 bits per heavy atom. The first-order valence-electron chi connectivity index (χ1n) is 6.80. The number of hydrogen-bond acceptors (Lipinski definition) is 4. The number of benzene rings is 1. The molecule has 1 aromatic carbocycles. The molecule has 0 aliphatic carbocycles. The number of H-pyrrole nitrogens is 1. The Morgan fingerprint density at radius 3 is 2.48 bits per heavy atom. The Bertz CT molecular complexity index is 630. The first-order chi connectivity index (χ1) is 9.80. The minimum Gasteiger partial charge on any atom is -0.399 e. The molecule has 2 aromatic rings. The highest BCUT2D eigenvalue weighted by Crippen LogP contribution is 2.26. The second kappa shape index (κ2) is 5.55. The van der Waals surface area contributed by atoms with Gasteiger partial charge in [-0.15, -0.1) is 0 Å². The molecule has 0 aliphatic heterocycles. The van der Waals surface area contributed by atoms with Crippen LogP contribution in [0.15, 0.2) is 24.3 Å². The quantitative estimate of drug-likeness (QED) is 0.837. The van der Waals surface area contributed by atoms with Gasteiger partial charge in [-0.05, 0) is 38.5 Å². The van der Waals surface area contributed by atoms with E-state index in [1.54, 1.807) is 11.9 Å². The number of nitrogens with zero attached hydrogens (tertiary/aromatic N) is 3. The number of rotatable bonds is 4. The van der Waals surface area contributed by atoms with Crippen molar-refractivity contribution in [3.8, 4) is 0 Å². The van der Waals surface area contributed by atoms with E-state index in [1.165, 1.54) is 0 Å². The van der Waals surface area contributed by atoms with Crippen LogP contribution in [0, 0.1) is 6.92 Å². The molecule has 1 amide bonds. The van der Waals surface area contributed by atoms with Crippen LogP contribution >= 0.6 is 0 Å². The van der Waals surface area contributed by atoms with Gasteiger partial charge in [0.2, 0.25) is 5.91 Å². The zero-order valence-corrected chi connectivity index (χ0v) is 12.8. The molecule has 1 aromatic heterocycles. The summed E-state index contributed by atoms with van der Waals surface area (Å²) in [7, 11) is 1.76. The van der Waals surface area contributed by atoms with Gasteiger partial charge in [-0.1, -0.05) is 12.1 Å². The van der Waals surface area contributed by atoms with Crippen LogP contribution in [-0.4, -0.2) is 33.0 Å². The Hall–Kier alpha value is -2.37. The van der Waals surface area contributed by atoms with E-state index in [1.807, 2.05) is 45.0 Å². The number of hydrogen-bond donors (Lipinski definition) is 2. The number of aryl methyl sites for hydroxylation is 1. The fraction of sp³-hybridized carbons (Fsp3) is 0.400. The molecule has 0 saturated carbocycles. The van der Waals surface area contributed by atoms with Crippen molar-refractivity contribution in [3.63, 3.8) is 0 Å². The van der Waals surface area contributed by atoms with Gasteiger partial charge in [0.15, 0.2) is 5.82 Å². The molecule has 0 saturated heterocycles. The van der Waals surface area contributed by atoms with Crippen molar-refractivity contribution < 1.29 is 4.79 Å². The highest BCUT2D eigenvalue weighted by molar-refractivity contribution is 5.87. The molecule has 112 valence electrons. The number of carbonyl (C=O) groups excluding carboxylic acids is 1. The van der Waals surface area contributed by atoms with Crippen LogP contribution in [0.5, 0.6) is 0 Å². The lowest BCUT2D eigenvalue weighted by Crippen LogP contribution is -2.41. The van der Waals surface area contributed by atoms with E-state index in [0.29, 0.717) is 18.1 Å². The maximum atomic E-state index is 12.7. The molecule has 1 heterocycles. The minimum atomic E-state index is -0.631. The second-order valence-corrected chi connectivity index (χ2v) is 5.75. The van der Waals surface area contributed by atoms with E-state index in [2.05, 4.69) is 15.2 Å². The van der Waals surface area contributed by atoms with Crippen LogP contribution in [-0.2, 0) is 16.8 Å². The molecule has 3 N–H and O–H groups in total. The third kappa shape index (κ3) is 3.21. The molecule has 0 unspecified atom stereocenters. The van der Waals surface area contributed by atoms with Gasteiger partial charge in [-0.2, -0.15) is 5.10 Å². The summed E-state index contributed by atoms with van der Waals surface area (Å²) in [5.41, 5.74) is 6.68. The van der Waals surface area contributed by atoms with Crippen LogP contribution in [0.1, 0.15) is 31.1 Å². The number of carbonyl (C=O) groups is 1. The van der Waals surface area contributed by atoms with E-state index in [4.69, 9.17) is 5.73 Å². The number of aromatic amines is 1. The number of likely N-dealkylation sites (N-methyl/N-ethyl adjacent to an activating group) is 1. The van der Waals surface area contributed by atoms with E-state index >= 15 is 0 Å². The number of nitrogens with one attached hydrogen (secondary N) is 1. The zero-order valence-electron chi connectivity index (χ0n) is 12.8. The average Bonchev–Trinajstić information content (AvgIpc) is 2.83. The van der Waals surface area contributed by atoms with Crippen molar-refractivity contribution in [3.05, 3.63) is 41.5 Å². The van der Waals surface area contributed by atoms with E-state index in [-0.39, 0.29) is 5.91 Å². The normalized spacial score (nSPS) is 11.4. The van der Waals surface area contributed by atoms with Gasteiger partial charge < -0.3 is 10.6 Å². The largest absolute Gasteiger partial charge is 0.399 e. The van der Waals surface area contributed by atoms with Gasteiger partial charge in [0, 0.05) is 12.7 Å². The predicted octanol–water partition coefficient (Wildman–Crippen LogP) is 1.63. The summed E-state index contributed by atoms with van der Waals surface area (Å²) in [4.78, 5) is 18.6. The van der Waals surface area contributed by atoms with Crippen molar-refractivity contribution in [2.75, 3.05) is 12.8 Å². The fourth-order valence-corrected chi connectivity index (χ4v) is 2.24. The molecular formula is C15H21N5O. The molecule has 0 spiro atoms. The molecule has 0 atom stereocenters. The molecule has 6 heteroatoms. The molecule has 21 heavy (non-hydrogen) atoms. The molecule has 2 rings (SSSR count). The van der Waals surface area contributed by atoms with Gasteiger partial charge in [0.05, 0.1) is 12.0 Å². The van der Waals surface area contributed by atoms with Crippen LogP contribution in [0.25, 0.3) is 0 Å². The number of nitrogen functional groups attached to an aromatic ring is 1. The monoisotopic (exact) mass is 287 g/mol. The summed E-state index contributed by atoms with van der Waals surface area (Å²) < 4.78 is 0. The van der Waals surface area contributed by atoms with Crippen LogP contribution in [0.2, 0.25) is 0 Å². The van der Waals surface area contributed by atoms with Crippen molar-refractivity contribution in [2.45, 2.75) is 32.7 Å². The van der Waals surface area contributed by atoms with Gasteiger partial charge in [-0.25, -0.2) is 4.98 Å². The summed E-state index contributed by atoms with van der Waals surface area (Å²) >= 11 is 0. The lowest BCUT2D eigenvalue weighted by Gasteiger charge is -2.29. The maximum absolute atomic E-state index is 12.7. The third-order valence-corrected chi connectivity index (χ3v) is 3.54. The van der Waals surface area contributed by atoms with Crippen LogP contribution in [0.4, 0.5) is 5.69 Å². The van der Waals surface area contributed by atoms with Gasteiger partial charge in [0.1, 0.15) is 5.82 Å². The lowest BCUT2D eigenvalue weighted by molar-refractivity contribution is -0.135. The van der Waals surface area contributed by atoms with E-state index in [9.17, 15) is 4.79 Å². The fourth-order valence-electron chi connectivity index (χ4n) is 2.24. The summed E-state index contributed by atoms with van der Waals surface area (Å²) in [6.07, 6.45) is 0. The van der Waals surface area contributed by atoms with Crippen LogP contribution < -0.4 is 5.73 Å². The third-order valence-electron chi connectivity index (χ3n) is 3.54. The molecule has 6 nitrogen and oxygen atoms in total. The molecule has 0 bridgehead atoms. The van der Waals surface area contributed by atoms with Gasteiger partial charge in [-0.3, -0.25) is 9.89 Å². The zero-order chi connectivity index (χ0) is 15.6. The Balaban J connectivity index is 2.15. The number of anilines is 1. The topological polar surface area (TPSA) is 87.9 Å². The SMILES string of the molecule is Cc1nc(CN(C)C(=O)C(C)(C)c2ccc(N)cc2)n[nH]1. The average molecular weight is 287 g/mol. The van der Waals surface area contributed by atoms with E-state index < -0.39 is 5.41 Å². The Morgan fingerprint density at radius 2 is 1.95 bits per heavy atom. The molecular weight excluding hydrogens is 266 g/mol. The second-order valence-electron chi connectivity index (χ2n) is 5.75. The Kier molecular flexibility index (Phi) is 3.97. The number of amides is 1. The number of nitrogens with two attached hydrogens (primary N) is 1. The first-order valence-corrected chi connectivity index (χ1v) is 6.80. The van der Waals surface area contributed by atoms with Crippen molar-refractivity contribution >= 4 is 11.6 Å². The van der Waals surface area contributed by atoms with Crippen molar-refractivity contribution in [1.29, 1.82) is 0 Å². The lowest BCUT2D eigenvalue weighted by atomic mass is 9.83. The highest BCUT2D eigenvalue weighted by atomic mass is 16.2. The van der Waals surface area contributed by atoms with Crippen LogP contribution in [0.3, 0.4) is 0 Å². The maximum Gasteiger partial charge on any atom is 0.232 e. The van der Waals surface area contributed by atoms with Crippen molar-refractivity contribution in [1.82, 2.24) is 20.1 Å². The predicted molar refractivity (Wildman–Crippen MR) is 81.5 cm³/mol. The minimum absolute atomic E-state index is 0.00900. The summed E-state index contributed by atoms with van der Waals surface area (Å²) in [6, 6.07) is 7.39. The van der Waals surface area contributed by atoms with Crippen molar-refractivity contribution in [2.24, 2.45) is 0 Å². The standard InChI is InChI=1S/C15H21N5O/c1-10-17-13(19-18-10)9-20(4)14(21)15(2,3)11-5-7-12(16)8-6-11/h5-8H,9,16H2,1-4H3,(H,17,18,19). The molecule has 0 radical (unpaired) electrons. The summed E-state index contributed by atoms with van der Waals surface area (Å²) in [5, 5.41) is 6.83. The molecule has 0 fully saturated rings. The summed E-state index contributed by atoms with van der Waals surface area (Å²) in [6.45, 7) is 6.01. The van der Waals surface area contributed by atoms with Gasteiger partial charge >= 0.3 is 0 Å². The van der Waals surface area contributed by atoms with E-state index in [0.717, 1.165) is 11.4 Å². The summed E-state index contributed by atoms with van der Waals surface area (Å²) in [5.74, 6) is 1.36. The first kappa shape index (κ1) is 15.0. The molecule has 0 aliphatic rings. The number of aromatic nitrogens is 3. The Labute approximate surface area is 124 Å². The highest BCUT2D eigenvalue weighted by Gasteiger charge is 2.32. The van der Waals surface area contributed by atoms with Gasteiger partial charge in [0.25, 0.3) is 0 Å². The smallest absolute Gasteiger partial charge is 0.232 e.